The van der Waals surface area contributed by atoms with Gasteiger partial charge in [-0.15, -0.1) is 0 Å². The Labute approximate surface area is 247 Å². The van der Waals surface area contributed by atoms with Crippen molar-refractivity contribution in [3.05, 3.63) is 101 Å². The Bertz CT molecular complexity index is 1190. The number of hydrogen-bond acceptors (Lipinski definition) is 6. The van der Waals surface area contributed by atoms with Crippen molar-refractivity contribution in [2.45, 2.75) is 45.3 Å². The van der Waals surface area contributed by atoms with Crippen LogP contribution in [0.5, 0.6) is 5.75 Å². The molecule has 9 heteroatoms. The lowest BCUT2D eigenvalue weighted by Crippen LogP contribution is -2.36. The maximum Gasteiger partial charge on any atom is 0.409 e. The van der Waals surface area contributed by atoms with Gasteiger partial charge in [-0.2, -0.15) is 0 Å². The standard InChI is InChI=1S/C33H40FNO7/c1-2-40-31(32(36)37)24-27-12-16-30(17-13-27)41-23-20-35(33(38)42-22-18-26-8-4-3-5-9-26)19-6-7-21-39-25-28-10-14-29(34)15-11-28/h3-5,8-17,31H,2,6-7,18-25H2,1H3,(H,36,37). The number of benzene rings is 3. The molecule has 3 aromatic carbocycles. The van der Waals surface area contributed by atoms with Crippen molar-refractivity contribution >= 4 is 12.1 Å². The van der Waals surface area contributed by atoms with Crippen LogP contribution in [0, 0.1) is 5.82 Å². The molecule has 0 aliphatic carbocycles. The zero-order chi connectivity index (χ0) is 30.0. The molecule has 0 bridgehead atoms. The van der Waals surface area contributed by atoms with Gasteiger partial charge in [0, 0.05) is 32.6 Å². The van der Waals surface area contributed by atoms with Gasteiger partial charge in [0.1, 0.15) is 18.2 Å². The van der Waals surface area contributed by atoms with E-state index in [-0.39, 0.29) is 25.5 Å². The number of carboxylic acids is 1. The number of carbonyl (C=O) groups excluding carboxylic acids is 1. The fourth-order valence-corrected chi connectivity index (χ4v) is 4.19. The summed E-state index contributed by atoms with van der Waals surface area (Å²) in [7, 11) is 0. The van der Waals surface area contributed by atoms with Gasteiger partial charge >= 0.3 is 12.1 Å². The average Bonchev–Trinajstić information content (AvgIpc) is 3.00. The number of hydrogen-bond donors (Lipinski definition) is 1. The first-order valence-corrected chi connectivity index (χ1v) is 14.3. The minimum atomic E-state index is -0.993. The lowest BCUT2D eigenvalue weighted by molar-refractivity contribution is -0.149. The topological polar surface area (TPSA) is 94.5 Å². The Kier molecular flexibility index (Phi) is 14.3. The van der Waals surface area contributed by atoms with Crippen molar-refractivity contribution in [2.75, 3.05) is 39.5 Å². The van der Waals surface area contributed by atoms with Crippen LogP contribution < -0.4 is 4.74 Å². The molecule has 0 radical (unpaired) electrons. The van der Waals surface area contributed by atoms with Gasteiger partial charge in [0.2, 0.25) is 0 Å². The van der Waals surface area contributed by atoms with E-state index in [1.807, 2.05) is 42.5 Å². The molecule has 42 heavy (non-hydrogen) atoms. The molecule has 1 amide bonds. The summed E-state index contributed by atoms with van der Waals surface area (Å²) < 4.78 is 35.5. The first-order valence-electron chi connectivity index (χ1n) is 14.3. The van der Waals surface area contributed by atoms with Gasteiger partial charge in [-0.25, -0.2) is 14.0 Å². The fourth-order valence-electron chi connectivity index (χ4n) is 4.19. The summed E-state index contributed by atoms with van der Waals surface area (Å²) in [6, 6.07) is 23.2. The van der Waals surface area contributed by atoms with Crippen molar-refractivity contribution in [3.63, 3.8) is 0 Å². The summed E-state index contributed by atoms with van der Waals surface area (Å²) in [6.07, 6.45) is 1.07. The Morgan fingerprint density at radius 1 is 0.833 bits per heavy atom. The second kappa shape index (κ2) is 18.5. The number of nitrogens with zero attached hydrogens (tertiary/aromatic N) is 1. The Balaban J connectivity index is 1.45. The summed E-state index contributed by atoms with van der Waals surface area (Å²) in [5.41, 5.74) is 2.83. The van der Waals surface area contributed by atoms with Gasteiger partial charge < -0.3 is 29.0 Å². The van der Waals surface area contributed by atoms with Crippen LogP contribution in [0.1, 0.15) is 36.5 Å². The third-order valence-corrected chi connectivity index (χ3v) is 6.48. The molecule has 3 rings (SSSR count). The monoisotopic (exact) mass is 581 g/mol. The molecule has 0 spiro atoms. The lowest BCUT2D eigenvalue weighted by atomic mass is 10.1. The van der Waals surface area contributed by atoms with Crippen molar-refractivity contribution in [2.24, 2.45) is 0 Å². The zero-order valence-electron chi connectivity index (χ0n) is 24.1. The van der Waals surface area contributed by atoms with Crippen LogP contribution in [0.3, 0.4) is 0 Å². The first kappa shape index (κ1) is 32.6. The van der Waals surface area contributed by atoms with E-state index in [0.717, 1.165) is 29.5 Å². The molecule has 0 aromatic heterocycles. The van der Waals surface area contributed by atoms with Gasteiger partial charge in [-0.1, -0.05) is 54.6 Å². The molecule has 1 unspecified atom stereocenters. The van der Waals surface area contributed by atoms with Crippen LogP contribution in [-0.4, -0.2) is 67.7 Å². The highest BCUT2D eigenvalue weighted by Crippen LogP contribution is 2.15. The first-order chi connectivity index (χ1) is 20.4. The number of carboxylic acid groups (broad SMARTS) is 1. The molecule has 8 nitrogen and oxygen atoms in total. The number of carbonyl (C=O) groups is 2. The largest absolute Gasteiger partial charge is 0.492 e. The quantitative estimate of drug-likeness (QED) is 0.176. The minimum absolute atomic E-state index is 0.264. The summed E-state index contributed by atoms with van der Waals surface area (Å²) in [5.74, 6) is -0.650. The normalized spacial score (nSPS) is 11.6. The number of amides is 1. The summed E-state index contributed by atoms with van der Waals surface area (Å²) in [6.45, 7) is 4.38. The van der Waals surface area contributed by atoms with E-state index in [9.17, 15) is 19.1 Å². The molecule has 0 aliphatic heterocycles. The van der Waals surface area contributed by atoms with E-state index in [4.69, 9.17) is 18.9 Å². The van der Waals surface area contributed by atoms with Gasteiger partial charge in [-0.05, 0) is 60.7 Å². The van der Waals surface area contributed by atoms with Gasteiger partial charge in [0.05, 0.1) is 19.8 Å². The van der Waals surface area contributed by atoms with Crippen LogP contribution in [0.4, 0.5) is 9.18 Å². The van der Waals surface area contributed by atoms with Gasteiger partial charge in [0.25, 0.3) is 0 Å². The summed E-state index contributed by atoms with van der Waals surface area (Å²) in [5, 5.41) is 9.29. The molecule has 226 valence electrons. The highest BCUT2D eigenvalue weighted by molar-refractivity contribution is 5.72. The maximum atomic E-state index is 13.1. The molecule has 0 saturated carbocycles. The fraction of sp³-hybridized carbons (Fsp3) is 0.394. The predicted molar refractivity (Wildman–Crippen MR) is 157 cm³/mol. The molecular formula is C33H40FNO7. The number of rotatable bonds is 19. The molecule has 1 N–H and O–H groups in total. The minimum Gasteiger partial charge on any atom is -0.492 e. The van der Waals surface area contributed by atoms with E-state index < -0.39 is 18.2 Å². The molecular weight excluding hydrogens is 541 g/mol. The molecule has 0 aliphatic rings. The predicted octanol–water partition coefficient (Wildman–Crippen LogP) is 5.92. The van der Waals surface area contributed by atoms with Gasteiger partial charge in [0.15, 0.2) is 6.10 Å². The van der Waals surface area contributed by atoms with E-state index in [0.29, 0.717) is 45.1 Å². The van der Waals surface area contributed by atoms with E-state index >= 15 is 0 Å². The second-order valence-corrected chi connectivity index (χ2v) is 9.70. The number of halogens is 1. The Morgan fingerprint density at radius 2 is 1.55 bits per heavy atom. The van der Waals surface area contributed by atoms with Gasteiger partial charge in [-0.3, -0.25) is 0 Å². The third-order valence-electron chi connectivity index (χ3n) is 6.48. The van der Waals surface area contributed by atoms with Crippen LogP contribution in [-0.2, 0) is 38.5 Å². The smallest absolute Gasteiger partial charge is 0.409 e. The number of aliphatic carboxylic acids is 1. The second-order valence-electron chi connectivity index (χ2n) is 9.70. The van der Waals surface area contributed by atoms with E-state index in [2.05, 4.69) is 0 Å². The highest BCUT2D eigenvalue weighted by Gasteiger charge is 2.18. The number of ether oxygens (including phenoxy) is 4. The van der Waals surface area contributed by atoms with E-state index in [1.165, 1.54) is 12.1 Å². The summed E-state index contributed by atoms with van der Waals surface area (Å²) in [4.78, 5) is 25.9. The average molecular weight is 582 g/mol. The molecule has 1 atom stereocenters. The lowest BCUT2D eigenvalue weighted by Gasteiger charge is -2.22. The number of unbranched alkanes of at least 4 members (excludes halogenated alkanes) is 1. The highest BCUT2D eigenvalue weighted by atomic mass is 19.1. The SMILES string of the molecule is CCOC(Cc1ccc(OCCN(CCCCOCc2ccc(F)cc2)C(=O)OCCc2ccccc2)cc1)C(=O)O. The molecule has 0 saturated heterocycles. The van der Waals surface area contributed by atoms with Crippen LogP contribution in [0.2, 0.25) is 0 Å². The molecule has 0 heterocycles. The summed E-state index contributed by atoms with van der Waals surface area (Å²) >= 11 is 0. The Morgan fingerprint density at radius 3 is 2.24 bits per heavy atom. The van der Waals surface area contributed by atoms with Crippen LogP contribution in [0.15, 0.2) is 78.9 Å². The van der Waals surface area contributed by atoms with Crippen molar-refractivity contribution in [1.29, 1.82) is 0 Å². The third kappa shape index (κ3) is 12.3. The molecule has 0 fully saturated rings. The van der Waals surface area contributed by atoms with Crippen molar-refractivity contribution in [1.82, 2.24) is 4.90 Å². The Hall–Kier alpha value is -3.95. The van der Waals surface area contributed by atoms with E-state index in [1.54, 1.807) is 36.1 Å². The van der Waals surface area contributed by atoms with Crippen molar-refractivity contribution < 1.29 is 38.0 Å². The van der Waals surface area contributed by atoms with Crippen LogP contribution in [0.25, 0.3) is 0 Å². The van der Waals surface area contributed by atoms with Crippen molar-refractivity contribution in [3.8, 4) is 5.75 Å². The zero-order valence-corrected chi connectivity index (χ0v) is 24.1. The molecule has 3 aromatic rings. The van der Waals surface area contributed by atoms with Crippen LogP contribution >= 0.6 is 0 Å². The maximum absolute atomic E-state index is 13.1.